The Morgan fingerprint density at radius 2 is 1.84 bits per heavy atom. The van der Waals surface area contributed by atoms with Crippen LogP contribution < -0.4 is 10.6 Å². The number of benzene rings is 1. The number of hydrogen-bond donors (Lipinski definition) is 3. The van der Waals surface area contributed by atoms with Crippen molar-refractivity contribution in [3.63, 3.8) is 0 Å². The van der Waals surface area contributed by atoms with Gasteiger partial charge in [-0.05, 0) is 34.5 Å². The minimum absolute atomic E-state index is 0.00429. The summed E-state index contributed by atoms with van der Waals surface area (Å²) in [6.45, 7) is 0. The van der Waals surface area contributed by atoms with Crippen LogP contribution in [0.25, 0.3) is 0 Å². The Bertz CT molecular complexity index is 490. The van der Waals surface area contributed by atoms with Crippen molar-refractivity contribution in [2.24, 2.45) is 0 Å². The predicted molar refractivity (Wildman–Crippen MR) is 72.8 cm³/mol. The molecule has 1 aromatic carbocycles. The molecule has 0 aliphatic carbocycles. The molecule has 19 heavy (non-hydrogen) atoms. The number of carbonyl (C=O) groups excluding carboxylic acids is 2. The van der Waals surface area contributed by atoms with Crippen LogP contribution in [0.5, 0.6) is 0 Å². The number of carboxylic acid groups (broad SMARTS) is 1. The van der Waals surface area contributed by atoms with E-state index in [1.54, 1.807) is 24.3 Å². The zero-order chi connectivity index (χ0) is 14.3. The molecule has 0 aliphatic rings. The summed E-state index contributed by atoms with van der Waals surface area (Å²) in [5, 5.41) is 13.1. The van der Waals surface area contributed by atoms with Gasteiger partial charge in [0, 0.05) is 17.3 Å². The van der Waals surface area contributed by atoms with Crippen molar-refractivity contribution >= 4 is 39.5 Å². The number of carboxylic acids is 1. The molecule has 1 aromatic rings. The van der Waals surface area contributed by atoms with Gasteiger partial charge in [0.05, 0.1) is 5.69 Å². The highest BCUT2D eigenvalue weighted by molar-refractivity contribution is 9.10. The van der Waals surface area contributed by atoms with Crippen molar-refractivity contribution in [3.8, 4) is 0 Å². The van der Waals surface area contributed by atoms with Gasteiger partial charge in [0.2, 0.25) is 5.91 Å². The first-order chi connectivity index (χ1) is 8.99. The van der Waals surface area contributed by atoms with Gasteiger partial charge in [-0.2, -0.15) is 0 Å². The van der Waals surface area contributed by atoms with Gasteiger partial charge in [0.25, 0.3) is 0 Å². The highest BCUT2D eigenvalue weighted by Gasteiger charge is 2.09. The first kappa shape index (κ1) is 15.2. The molecule has 6 nitrogen and oxygen atoms in total. The third-order valence-corrected chi connectivity index (χ3v) is 2.86. The number of imide groups is 1. The molecule has 102 valence electrons. The number of aliphatic carboxylic acids is 1. The quantitative estimate of drug-likeness (QED) is 0.773. The molecule has 0 aliphatic heterocycles. The second-order valence-corrected chi connectivity index (χ2v) is 4.58. The molecule has 0 unspecified atom stereocenters. The SMILES string of the molecule is O=C(O)CCCC(=O)NC(=O)Nc1ccccc1Br. The van der Waals surface area contributed by atoms with Crippen molar-refractivity contribution < 1.29 is 19.5 Å². The lowest BCUT2D eigenvalue weighted by Gasteiger charge is -2.07. The number of amides is 3. The summed E-state index contributed by atoms with van der Waals surface area (Å²) in [6.07, 6.45) is 0.0957. The topological polar surface area (TPSA) is 95.5 Å². The Morgan fingerprint density at radius 3 is 2.47 bits per heavy atom. The van der Waals surface area contributed by atoms with E-state index in [2.05, 4.69) is 26.6 Å². The first-order valence-corrected chi connectivity index (χ1v) is 6.35. The van der Waals surface area contributed by atoms with E-state index < -0.39 is 17.9 Å². The number of halogens is 1. The normalized spacial score (nSPS) is 9.74. The van der Waals surface area contributed by atoms with Gasteiger partial charge in [-0.1, -0.05) is 12.1 Å². The lowest BCUT2D eigenvalue weighted by molar-refractivity contribution is -0.137. The van der Waals surface area contributed by atoms with E-state index in [1.807, 2.05) is 0 Å². The zero-order valence-electron chi connectivity index (χ0n) is 9.98. The van der Waals surface area contributed by atoms with Gasteiger partial charge in [-0.25, -0.2) is 4.79 Å². The second-order valence-electron chi connectivity index (χ2n) is 3.73. The molecule has 0 fully saturated rings. The Kier molecular flexibility index (Phi) is 6.01. The minimum Gasteiger partial charge on any atom is -0.481 e. The minimum atomic E-state index is -0.967. The predicted octanol–water partition coefficient (Wildman–Crippen LogP) is 2.35. The maximum absolute atomic E-state index is 11.5. The molecular weight excluding hydrogens is 316 g/mol. The van der Waals surface area contributed by atoms with Crippen LogP contribution in [0.1, 0.15) is 19.3 Å². The number of nitrogens with one attached hydrogen (secondary N) is 2. The molecule has 0 spiro atoms. The van der Waals surface area contributed by atoms with Crippen LogP contribution >= 0.6 is 15.9 Å². The molecule has 0 bridgehead atoms. The van der Waals surface area contributed by atoms with E-state index in [1.165, 1.54) is 0 Å². The Balaban J connectivity index is 2.37. The van der Waals surface area contributed by atoms with Crippen molar-refractivity contribution in [1.29, 1.82) is 0 Å². The lowest BCUT2D eigenvalue weighted by atomic mass is 10.2. The van der Waals surface area contributed by atoms with E-state index in [0.717, 1.165) is 0 Å². The molecule has 0 saturated carbocycles. The van der Waals surface area contributed by atoms with Crippen LogP contribution in [0, 0.1) is 0 Å². The molecule has 0 radical (unpaired) electrons. The summed E-state index contributed by atoms with van der Waals surface area (Å²) in [4.78, 5) is 33.1. The second kappa shape index (κ2) is 7.52. The molecule has 7 heteroatoms. The summed E-state index contributed by atoms with van der Waals surface area (Å²) < 4.78 is 0.698. The standard InChI is InChI=1S/C12H13BrN2O4/c13-8-4-1-2-5-9(8)14-12(19)15-10(16)6-3-7-11(17)18/h1-2,4-5H,3,6-7H2,(H,17,18)(H2,14,15,16,19). The number of rotatable bonds is 5. The molecule has 0 aromatic heterocycles. The van der Waals surface area contributed by atoms with Crippen LogP contribution in [0.3, 0.4) is 0 Å². The van der Waals surface area contributed by atoms with Crippen LogP contribution in [0.15, 0.2) is 28.7 Å². The van der Waals surface area contributed by atoms with Crippen molar-refractivity contribution in [2.75, 3.05) is 5.32 Å². The molecular formula is C12H13BrN2O4. The summed E-state index contributed by atoms with van der Waals surface area (Å²) in [5.74, 6) is -1.48. The van der Waals surface area contributed by atoms with Crippen LogP contribution in [0.4, 0.5) is 10.5 Å². The molecule has 0 saturated heterocycles. The van der Waals surface area contributed by atoms with Gasteiger partial charge in [-0.3, -0.25) is 14.9 Å². The first-order valence-electron chi connectivity index (χ1n) is 5.56. The monoisotopic (exact) mass is 328 g/mol. The molecule has 3 amide bonds. The fraction of sp³-hybridized carbons (Fsp3) is 0.250. The van der Waals surface area contributed by atoms with Crippen LogP contribution in [0.2, 0.25) is 0 Å². The third-order valence-electron chi connectivity index (χ3n) is 2.17. The lowest BCUT2D eigenvalue weighted by Crippen LogP contribution is -2.34. The van der Waals surface area contributed by atoms with Gasteiger partial charge in [0.1, 0.15) is 0 Å². The third kappa shape index (κ3) is 6.01. The Morgan fingerprint density at radius 1 is 1.16 bits per heavy atom. The highest BCUT2D eigenvalue weighted by Crippen LogP contribution is 2.20. The van der Waals surface area contributed by atoms with Crippen LogP contribution in [-0.2, 0) is 9.59 Å². The van der Waals surface area contributed by atoms with Crippen molar-refractivity contribution in [1.82, 2.24) is 5.32 Å². The smallest absolute Gasteiger partial charge is 0.325 e. The number of anilines is 1. The summed E-state index contributed by atoms with van der Waals surface area (Å²) >= 11 is 3.26. The van der Waals surface area contributed by atoms with E-state index >= 15 is 0 Å². The summed E-state index contributed by atoms with van der Waals surface area (Å²) in [5.41, 5.74) is 0.540. The average Bonchev–Trinajstić information content (AvgIpc) is 2.31. The summed E-state index contributed by atoms with van der Waals surface area (Å²) in [7, 11) is 0. The fourth-order valence-electron chi connectivity index (χ4n) is 1.31. The van der Waals surface area contributed by atoms with Gasteiger partial charge in [-0.15, -0.1) is 0 Å². The molecule has 0 atom stereocenters. The maximum atomic E-state index is 11.5. The Hall–Kier alpha value is -1.89. The highest BCUT2D eigenvalue weighted by atomic mass is 79.9. The van der Waals surface area contributed by atoms with E-state index in [9.17, 15) is 14.4 Å². The molecule has 3 N–H and O–H groups in total. The van der Waals surface area contributed by atoms with Gasteiger partial charge >= 0.3 is 12.0 Å². The van der Waals surface area contributed by atoms with Crippen LogP contribution in [-0.4, -0.2) is 23.0 Å². The van der Waals surface area contributed by atoms with Crippen molar-refractivity contribution in [3.05, 3.63) is 28.7 Å². The maximum Gasteiger partial charge on any atom is 0.325 e. The zero-order valence-corrected chi connectivity index (χ0v) is 11.6. The summed E-state index contributed by atoms with van der Waals surface area (Å²) in [6, 6.07) is 6.33. The number of para-hydroxylation sites is 1. The van der Waals surface area contributed by atoms with Gasteiger partial charge < -0.3 is 10.4 Å². The average molecular weight is 329 g/mol. The van der Waals surface area contributed by atoms with E-state index in [-0.39, 0.29) is 19.3 Å². The molecule has 1 rings (SSSR count). The Labute approximate surface area is 118 Å². The van der Waals surface area contributed by atoms with E-state index in [4.69, 9.17) is 5.11 Å². The number of hydrogen-bond acceptors (Lipinski definition) is 3. The fourth-order valence-corrected chi connectivity index (χ4v) is 1.69. The van der Waals surface area contributed by atoms with E-state index in [0.29, 0.717) is 10.2 Å². The molecule has 0 heterocycles. The van der Waals surface area contributed by atoms with Crippen molar-refractivity contribution in [2.45, 2.75) is 19.3 Å². The largest absolute Gasteiger partial charge is 0.481 e. The van der Waals surface area contributed by atoms with Gasteiger partial charge in [0.15, 0.2) is 0 Å². The number of urea groups is 1. The number of carbonyl (C=O) groups is 3.